The van der Waals surface area contributed by atoms with Crippen LogP contribution in [0.4, 0.5) is 11.6 Å². The van der Waals surface area contributed by atoms with Crippen LogP contribution in [0.25, 0.3) is 10.6 Å². The SMILES string of the molecule is COc1ccc(-c2nc([C@@H](C)Oc3nc(N)cc(N)n3)c(C)s2)cc1OCCN1CCC(C)CC1. The van der Waals surface area contributed by atoms with E-state index in [4.69, 9.17) is 30.7 Å². The average molecular weight is 499 g/mol. The first kappa shape index (κ1) is 25.0. The smallest absolute Gasteiger partial charge is 0.320 e. The lowest BCUT2D eigenvalue weighted by Crippen LogP contribution is -2.35. The third-order valence-electron chi connectivity index (χ3n) is 6.20. The number of piperidine rings is 1. The van der Waals surface area contributed by atoms with Gasteiger partial charge < -0.3 is 25.7 Å². The van der Waals surface area contributed by atoms with Crippen molar-refractivity contribution >= 4 is 23.0 Å². The van der Waals surface area contributed by atoms with Gasteiger partial charge in [0.1, 0.15) is 29.4 Å². The topological polar surface area (TPSA) is 122 Å². The fourth-order valence-electron chi connectivity index (χ4n) is 4.13. The Kier molecular flexibility index (Phi) is 7.92. The summed E-state index contributed by atoms with van der Waals surface area (Å²) in [5, 5.41) is 0.874. The lowest BCUT2D eigenvalue weighted by Gasteiger charge is -2.30. The van der Waals surface area contributed by atoms with Crippen LogP contribution in [-0.2, 0) is 0 Å². The van der Waals surface area contributed by atoms with Crippen molar-refractivity contribution in [3.63, 3.8) is 0 Å². The molecule has 3 aromatic rings. The molecule has 3 heterocycles. The molecule has 0 saturated carbocycles. The van der Waals surface area contributed by atoms with Gasteiger partial charge in [0.2, 0.25) is 0 Å². The van der Waals surface area contributed by atoms with Crippen LogP contribution >= 0.6 is 11.3 Å². The van der Waals surface area contributed by atoms with Gasteiger partial charge in [-0.25, -0.2) is 4.98 Å². The predicted octanol–water partition coefficient (Wildman–Crippen LogP) is 4.33. The molecule has 1 aliphatic rings. The molecular weight excluding hydrogens is 464 g/mol. The van der Waals surface area contributed by atoms with Crippen LogP contribution in [-0.4, -0.2) is 53.2 Å². The summed E-state index contributed by atoms with van der Waals surface area (Å²) in [7, 11) is 1.66. The quantitative estimate of drug-likeness (QED) is 0.444. The van der Waals surface area contributed by atoms with Crippen LogP contribution in [0.5, 0.6) is 17.5 Å². The van der Waals surface area contributed by atoms with Crippen molar-refractivity contribution in [1.29, 1.82) is 0 Å². The largest absolute Gasteiger partial charge is 0.493 e. The van der Waals surface area contributed by atoms with Crippen LogP contribution in [0.1, 0.15) is 43.4 Å². The zero-order chi connectivity index (χ0) is 24.9. The second-order valence-corrected chi connectivity index (χ2v) is 10.2. The van der Waals surface area contributed by atoms with E-state index in [0.717, 1.165) is 52.4 Å². The Morgan fingerprint density at radius 2 is 1.80 bits per heavy atom. The summed E-state index contributed by atoms with van der Waals surface area (Å²) in [6.07, 6.45) is 2.13. The standard InChI is InChI=1S/C25H34N6O3S/c1-15-7-9-31(10-8-15)11-12-33-20-13-18(5-6-19(20)32-4)24-30-23(17(3)35-24)16(2)34-25-28-21(26)14-22(27)29-25/h5-6,13-16H,7-12H2,1-4H3,(H4,26,27,28,29)/t16-/m1/s1. The third-order valence-corrected chi connectivity index (χ3v) is 7.23. The van der Waals surface area contributed by atoms with Crippen molar-refractivity contribution in [2.75, 3.05) is 44.8 Å². The molecule has 1 fully saturated rings. The third kappa shape index (κ3) is 6.32. The van der Waals surface area contributed by atoms with Crippen LogP contribution in [0.2, 0.25) is 0 Å². The summed E-state index contributed by atoms with van der Waals surface area (Å²) in [4.78, 5) is 16.6. The van der Waals surface area contributed by atoms with Crippen molar-refractivity contribution in [2.24, 2.45) is 5.92 Å². The normalized spacial score (nSPS) is 15.7. The highest BCUT2D eigenvalue weighted by Gasteiger charge is 2.20. The van der Waals surface area contributed by atoms with E-state index in [0.29, 0.717) is 12.4 Å². The van der Waals surface area contributed by atoms with E-state index in [1.807, 2.05) is 32.0 Å². The molecule has 4 rings (SSSR count). The molecule has 1 saturated heterocycles. The molecule has 2 aromatic heterocycles. The molecule has 0 amide bonds. The molecule has 4 N–H and O–H groups in total. The van der Waals surface area contributed by atoms with E-state index in [1.54, 1.807) is 18.4 Å². The zero-order valence-electron chi connectivity index (χ0n) is 20.8. The van der Waals surface area contributed by atoms with Crippen molar-refractivity contribution < 1.29 is 14.2 Å². The van der Waals surface area contributed by atoms with Gasteiger partial charge in [-0.05, 0) is 63.9 Å². The molecule has 10 heteroatoms. The van der Waals surface area contributed by atoms with Gasteiger partial charge in [0.15, 0.2) is 11.5 Å². The first-order valence-electron chi connectivity index (χ1n) is 11.9. The number of likely N-dealkylation sites (tertiary alicyclic amines) is 1. The molecule has 35 heavy (non-hydrogen) atoms. The van der Waals surface area contributed by atoms with Gasteiger partial charge >= 0.3 is 6.01 Å². The maximum atomic E-state index is 6.15. The number of nitrogen functional groups attached to an aromatic ring is 2. The fraction of sp³-hybridized carbons (Fsp3) is 0.480. The first-order valence-corrected chi connectivity index (χ1v) is 12.7. The molecule has 9 nitrogen and oxygen atoms in total. The molecular formula is C25H34N6O3S. The minimum atomic E-state index is -0.373. The van der Waals surface area contributed by atoms with Crippen molar-refractivity contribution in [1.82, 2.24) is 19.9 Å². The lowest BCUT2D eigenvalue weighted by atomic mass is 9.99. The Hall–Kier alpha value is -3.11. The molecule has 1 atom stereocenters. The highest BCUT2D eigenvalue weighted by Crippen LogP contribution is 2.37. The summed E-state index contributed by atoms with van der Waals surface area (Å²) >= 11 is 1.60. The number of aryl methyl sites for hydroxylation is 1. The minimum absolute atomic E-state index is 0.132. The number of ether oxygens (including phenoxy) is 3. The van der Waals surface area contributed by atoms with E-state index in [-0.39, 0.29) is 23.8 Å². The first-order chi connectivity index (χ1) is 16.8. The number of methoxy groups -OCH3 is 1. The maximum absolute atomic E-state index is 6.15. The minimum Gasteiger partial charge on any atom is -0.493 e. The van der Waals surface area contributed by atoms with E-state index >= 15 is 0 Å². The van der Waals surface area contributed by atoms with E-state index in [1.165, 1.54) is 18.9 Å². The van der Waals surface area contributed by atoms with Crippen molar-refractivity contribution in [3.05, 3.63) is 34.8 Å². The second kappa shape index (κ2) is 11.1. The highest BCUT2D eigenvalue weighted by molar-refractivity contribution is 7.15. The molecule has 0 spiro atoms. The van der Waals surface area contributed by atoms with Gasteiger partial charge in [0, 0.05) is 23.1 Å². The van der Waals surface area contributed by atoms with Crippen LogP contribution < -0.4 is 25.7 Å². The summed E-state index contributed by atoms with van der Waals surface area (Å²) in [6, 6.07) is 7.53. The van der Waals surface area contributed by atoms with E-state index in [9.17, 15) is 0 Å². The Morgan fingerprint density at radius 1 is 1.09 bits per heavy atom. The molecule has 0 bridgehead atoms. The van der Waals surface area contributed by atoms with Crippen molar-refractivity contribution in [2.45, 2.75) is 39.7 Å². The number of hydrogen-bond acceptors (Lipinski definition) is 10. The van der Waals surface area contributed by atoms with Crippen LogP contribution in [0.15, 0.2) is 24.3 Å². The predicted molar refractivity (Wildman–Crippen MR) is 139 cm³/mol. The number of hydrogen-bond donors (Lipinski definition) is 2. The molecule has 1 aliphatic heterocycles. The van der Waals surface area contributed by atoms with Gasteiger partial charge in [0.05, 0.1) is 12.8 Å². The van der Waals surface area contributed by atoms with E-state index in [2.05, 4.69) is 21.8 Å². The Labute approximate surface area is 210 Å². The average Bonchev–Trinajstić information content (AvgIpc) is 3.21. The van der Waals surface area contributed by atoms with Crippen LogP contribution in [0, 0.1) is 12.8 Å². The Balaban J connectivity index is 1.46. The van der Waals surface area contributed by atoms with Gasteiger partial charge in [-0.1, -0.05) is 6.92 Å². The highest BCUT2D eigenvalue weighted by atomic mass is 32.1. The second-order valence-electron chi connectivity index (χ2n) is 8.96. The van der Waals surface area contributed by atoms with Gasteiger partial charge in [0.25, 0.3) is 0 Å². The van der Waals surface area contributed by atoms with Gasteiger partial charge in [-0.3, -0.25) is 4.90 Å². The molecule has 188 valence electrons. The monoisotopic (exact) mass is 498 g/mol. The summed E-state index contributed by atoms with van der Waals surface area (Å²) in [5.74, 6) is 2.77. The fourth-order valence-corrected chi connectivity index (χ4v) is 5.13. The molecule has 0 unspecified atom stereocenters. The Morgan fingerprint density at radius 3 is 2.49 bits per heavy atom. The zero-order valence-corrected chi connectivity index (χ0v) is 21.6. The number of nitrogens with two attached hydrogens (primary N) is 2. The molecule has 0 aliphatic carbocycles. The maximum Gasteiger partial charge on any atom is 0.320 e. The van der Waals surface area contributed by atoms with Gasteiger partial charge in [-0.15, -0.1) is 11.3 Å². The number of rotatable bonds is 9. The number of anilines is 2. The summed E-state index contributed by atoms with van der Waals surface area (Å²) in [5.41, 5.74) is 13.3. The number of benzene rings is 1. The number of aromatic nitrogens is 3. The lowest BCUT2D eigenvalue weighted by molar-refractivity contribution is 0.158. The van der Waals surface area contributed by atoms with Crippen LogP contribution in [0.3, 0.4) is 0 Å². The molecule has 1 aromatic carbocycles. The molecule has 0 radical (unpaired) electrons. The van der Waals surface area contributed by atoms with Crippen molar-refractivity contribution in [3.8, 4) is 28.1 Å². The van der Waals surface area contributed by atoms with E-state index < -0.39 is 0 Å². The summed E-state index contributed by atoms with van der Waals surface area (Å²) < 4.78 is 17.6. The van der Waals surface area contributed by atoms with Gasteiger partial charge in [-0.2, -0.15) is 9.97 Å². The number of thiazole rings is 1. The Bertz CT molecular complexity index is 1130. The number of nitrogens with zero attached hydrogens (tertiary/aromatic N) is 4. The summed E-state index contributed by atoms with van der Waals surface area (Å²) in [6.45, 7) is 10.0.